The number of esters is 1. The standard InChI is InChI=1S/C21H25NO2/c1-3-22(4-2)15-16-24-21(23)17-20(18-11-7-5-8-12-18)19-13-9-6-10-14-19/h5-14,17H,3-4,15-16H2,1-2H3. The SMILES string of the molecule is CCN(CC)CCOC(=O)C=C(c1ccccc1)c1ccccc1. The van der Waals surface area contributed by atoms with Crippen molar-refractivity contribution in [3.8, 4) is 0 Å². The highest BCUT2D eigenvalue weighted by atomic mass is 16.5. The second kappa shape index (κ2) is 9.68. The van der Waals surface area contributed by atoms with E-state index in [1.165, 1.54) is 0 Å². The Kier molecular flexibility index (Phi) is 7.24. The molecule has 3 nitrogen and oxygen atoms in total. The minimum absolute atomic E-state index is 0.301. The number of ether oxygens (including phenoxy) is 1. The van der Waals surface area contributed by atoms with Gasteiger partial charge in [-0.3, -0.25) is 0 Å². The number of benzene rings is 2. The van der Waals surface area contributed by atoms with Crippen LogP contribution in [0.25, 0.3) is 5.57 Å². The van der Waals surface area contributed by atoms with Crippen LogP contribution in [-0.2, 0) is 9.53 Å². The molecule has 0 saturated carbocycles. The second-order valence-electron chi connectivity index (χ2n) is 5.48. The number of hydrogen-bond acceptors (Lipinski definition) is 3. The lowest BCUT2D eigenvalue weighted by Gasteiger charge is -2.17. The molecule has 0 N–H and O–H groups in total. The zero-order valence-electron chi connectivity index (χ0n) is 14.4. The van der Waals surface area contributed by atoms with Gasteiger partial charge in [-0.15, -0.1) is 0 Å². The number of hydrogen-bond donors (Lipinski definition) is 0. The molecule has 0 atom stereocenters. The van der Waals surface area contributed by atoms with Crippen molar-refractivity contribution in [2.45, 2.75) is 13.8 Å². The van der Waals surface area contributed by atoms with Crippen LogP contribution in [0.2, 0.25) is 0 Å². The summed E-state index contributed by atoms with van der Waals surface area (Å²) in [6.45, 7) is 7.31. The van der Waals surface area contributed by atoms with Crippen molar-refractivity contribution in [3.63, 3.8) is 0 Å². The van der Waals surface area contributed by atoms with Crippen molar-refractivity contribution in [3.05, 3.63) is 77.9 Å². The van der Waals surface area contributed by atoms with Crippen LogP contribution in [-0.4, -0.2) is 37.1 Å². The van der Waals surface area contributed by atoms with Crippen molar-refractivity contribution >= 4 is 11.5 Å². The Bertz CT molecular complexity index is 605. The molecule has 0 bridgehead atoms. The first kappa shape index (κ1) is 18.0. The molecule has 0 fully saturated rings. The van der Waals surface area contributed by atoms with E-state index < -0.39 is 0 Å². The Hall–Kier alpha value is -2.39. The molecule has 24 heavy (non-hydrogen) atoms. The summed E-state index contributed by atoms with van der Waals surface area (Å²) in [7, 11) is 0. The van der Waals surface area contributed by atoms with Gasteiger partial charge in [-0.2, -0.15) is 0 Å². The van der Waals surface area contributed by atoms with Crippen molar-refractivity contribution in [1.82, 2.24) is 4.90 Å². The maximum absolute atomic E-state index is 12.2. The molecule has 0 radical (unpaired) electrons. The molecule has 2 aromatic carbocycles. The molecule has 0 heterocycles. The van der Waals surface area contributed by atoms with E-state index in [1.54, 1.807) is 6.08 Å². The van der Waals surface area contributed by atoms with Gasteiger partial charge < -0.3 is 9.64 Å². The quantitative estimate of drug-likeness (QED) is 0.543. The lowest BCUT2D eigenvalue weighted by atomic mass is 9.98. The molecule has 0 aromatic heterocycles. The fourth-order valence-corrected chi connectivity index (χ4v) is 2.54. The second-order valence-corrected chi connectivity index (χ2v) is 5.48. The molecule has 0 aliphatic rings. The Labute approximate surface area is 144 Å². The van der Waals surface area contributed by atoms with Crippen LogP contribution in [0.15, 0.2) is 66.7 Å². The van der Waals surface area contributed by atoms with Crippen molar-refractivity contribution in [2.24, 2.45) is 0 Å². The average Bonchev–Trinajstić information content (AvgIpc) is 2.65. The highest BCUT2D eigenvalue weighted by molar-refractivity contribution is 5.96. The zero-order valence-corrected chi connectivity index (χ0v) is 14.4. The van der Waals surface area contributed by atoms with E-state index >= 15 is 0 Å². The smallest absolute Gasteiger partial charge is 0.331 e. The number of likely N-dealkylation sites (N-methyl/N-ethyl adjacent to an activating group) is 1. The summed E-state index contributed by atoms with van der Waals surface area (Å²) >= 11 is 0. The first-order valence-electron chi connectivity index (χ1n) is 8.46. The van der Waals surface area contributed by atoms with Gasteiger partial charge in [-0.05, 0) is 29.8 Å². The predicted octanol–water partition coefficient (Wildman–Crippen LogP) is 4.00. The van der Waals surface area contributed by atoms with Crippen LogP contribution in [0.4, 0.5) is 0 Å². The summed E-state index contributed by atoms with van der Waals surface area (Å²) in [5.41, 5.74) is 2.89. The minimum Gasteiger partial charge on any atom is -0.461 e. The fraction of sp³-hybridized carbons (Fsp3) is 0.286. The highest BCUT2D eigenvalue weighted by Gasteiger charge is 2.09. The van der Waals surface area contributed by atoms with E-state index in [-0.39, 0.29) is 5.97 Å². The van der Waals surface area contributed by atoms with Gasteiger partial charge >= 0.3 is 5.97 Å². The van der Waals surface area contributed by atoms with E-state index in [2.05, 4.69) is 18.7 Å². The Balaban J connectivity index is 2.12. The molecular formula is C21H25NO2. The highest BCUT2D eigenvalue weighted by Crippen LogP contribution is 2.23. The first-order valence-corrected chi connectivity index (χ1v) is 8.46. The summed E-state index contributed by atoms with van der Waals surface area (Å²) in [5, 5.41) is 0. The van der Waals surface area contributed by atoms with Crippen molar-refractivity contribution in [1.29, 1.82) is 0 Å². The van der Waals surface area contributed by atoms with Gasteiger partial charge in [0.25, 0.3) is 0 Å². The maximum Gasteiger partial charge on any atom is 0.331 e. The summed E-state index contributed by atoms with van der Waals surface area (Å²) < 4.78 is 5.39. The number of nitrogens with zero attached hydrogens (tertiary/aromatic N) is 1. The van der Waals surface area contributed by atoms with Gasteiger partial charge in [0.05, 0.1) is 0 Å². The summed E-state index contributed by atoms with van der Waals surface area (Å²) in [5.74, 6) is -0.301. The maximum atomic E-state index is 12.2. The van der Waals surface area contributed by atoms with Crippen LogP contribution >= 0.6 is 0 Å². The van der Waals surface area contributed by atoms with E-state index in [4.69, 9.17) is 4.74 Å². The normalized spacial score (nSPS) is 10.5. The molecule has 0 saturated heterocycles. The third-order valence-electron chi connectivity index (χ3n) is 3.98. The van der Waals surface area contributed by atoms with Crippen LogP contribution in [0.3, 0.4) is 0 Å². The molecule has 2 aromatic rings. The van der Waals surface area contributed by atoms with Crippen molar-refractivity contribution < 1.29 is 9.53 Å². The van der Waals surface area contributed by atoms with Crippen LogP contribution in [0.1, 0.15) is 25.0 Å². The molecule has 2 rings (SSSR count). The lowest BCUT2D eigenvalue weighted by Crippen LogP contribution is -2.27. The van der Waals surface area contributed by atoms with Crippen molar-refractivity contribution in [2.75, 3.05) is 26.2 Å². The van der Waals surface area contributed by atoms with Gasteiger partial charge in [-0.25, -0.2) is 4.79 Å². The minimum atomic E-state index is -0.301. The van der Waals surface area contributed by atoms with Crippen LogP contribution in [0.5, 0.6) is 0 Å². The van der Waals surface area contributed by atoms with E-state index in [0.29, 0.717) is 6.61 Å². The number of rotatable bonds is 8. The molecule has 0 aliphatic carbocycles. The third-order valence-corrected chi connectivity index (χ3v) is 3.98. The third kappa shape index (κ3) is 5.36. The molecule has 0 aliphatic heterocycles. The monoisotopic (exact) mass is 323 g/mol. The van der Waals surface area contributed by atoms with Gasteiger partial charge in [-0.1, -0.05) is 74.5 Å². The molecule has 0 unspecified atom stereocenters. The number of carbonyl (C=O) groups is 1. The number of carbonyl (C=O) groups excluding carboxylic acids is 1. The Morgan fingerprint density at radius 1 is 0.917 bits per heavy atom. The zero-order chi connectivity index (χ0) is 17.2. The van der Waals surface area contributed by atoms with Gasteiger partial charge in [0.1, 0.15) is 6.61 Å². The van der Waals surface area contributed by atoms with Gasteiger partial charge in [0, 0.05) is 12.6 Å². The van der Waals surface area contributed by atoms with Gasteiger partial charge in [0.2, 0.25) is 0 Å². The average molecular weight is 323 g/mol. The van der Waals surface area contributed by atoms with Crippen LogP contribution < -0.4 is 0 Å². The summed E-state index contributed by atoms with van der Waals surface area (Å²) in [6.07, 6.45) is 1.59. The van der Waals surface area contributed by atoms with E-state index in [9.17, 15) is 4.79 Å². The Morgan fingerprint density at radius 3 is 1.88 bits per heavy atom. The molecule has 0 spiro atoms. The predicted molar refractivity (Wildman–Crippen MR) is 98.7 cm³/mol. The first-order chi connectivity index (χ1) is 11.7. The summed E-state index contributed by atoms with van der Waals surface area (Å²) in [4.78, 5) is 14.5. The van der Waals surface area contributed by atoms with Crippen LogP contribution in [0, 0.1) is 0 Å². The fourth-order valence-electron chi connectivity index (χ4n) is 2.54. The molecule has 3 heteroatoms. The molecule has 126 valence electrons. The van der Waals surface area contributed by atoms with E-state index in [0.717, 1.165) is 36.3 Å². The topological polar surface area (TPSA) is 29.5 Å². The molecular weight excluding hydrogens is 298 g/mol. The largest absolute Gasteiger partial charge is 0.461 e. The van der Waals surface area contributed by atoms with Gasteiger partial charge in [0.15, 0.2) is 0 Å². The van der Waals surface area contributed by atoms with E-state index in [1.807, 2.05) is 60.7 Å². The molecule has 0 amide bonds. The summed E-state index contributed by atoms with van der Waals surface area (Å²) in [6, 6.07) is 19.8. The lowest BCUT2D eigenvalue weighted by molar-refractivity contribution is -0.138. The Morgan fingerprint density at radius 2 is 1.42 bits per heavy atom.